The van der Waals surface area contributed by atoms with Crippen LogP contribution in [0.3, 0.4) is 0 Å². The van der Waals surface area contributed by atoms with Crippen molar-refractivity contribution in [3.63, 3.8) is 0 Å². The quantitative estimate of drug-likeness (QED) is 0.777. The molecule has 0 N–H and O–H groups in total. The van der Waals surface area contributed by atoms with Gasteiger partial charge in [0.25, 0.3) is 0 Å². The molecule has 2 rings (SSSR count). The maximum atomic E-state index is 12.3. The van der Waals surface area contributed by atoms with Crippen LogP contribution in [0.2, 0.25) is 0 Å². The van der Waals surface area contributed by atoms with Gasteiger partial charge in [-0.25, -0.2) is 4.79 Å². The first-order chi connectivity index (χ1) is 11.0. The molecule has 1 aromatic carbocycles. The van der Waals surface area contributed by atoms with E-state index in [2.05, 4.69) is 0 Å². The molecule has 1 amide bonds. The summed E-state index contributed by atoms with van der Waals surface area (Å²) in [6.45, 7) is 6.18. The Balaban J connectivity index is 2.24. The Bertz CT molecular complexity index is 625. The Labute approximate surface area is 135 Å². The third-order valence-corrected chi connectivity index (χ3v) is 3.76. The molecule has 1 aliphatic rings. The van der Waals surface area contributed by atoms with Gasteiger partial charge in [-0.05, 0) is 38.5 Å². The molecule has 124 valence electrons. The molecule has 1 fully saturated rings. The maximum Gasteiger partial charge on any atom is 0.338 e. The van der Waals surface area contributed by atoms with Crippen molar-refractivity contribution in [2.75, 3.05) is 24.7 Å². The van der Waals surface area contributed by atoms with E-state index in [4.69, 9.17) is 9.47 Å². The molecule has 1 heterocycles. The van der Waals surface area contributed by atoms with E-state index in [-0.39, 0.29) is 31.4 Å². The molecule has 0 aromatic heterocycles. The molecule has 0 radical (unpaired) electrons. The predicted molar refractivity (Wildman–Crippen MR) is 84.2 cm³/mol. The summed E-state index contributed by atoms with van der Waals surface area (Å²) in [7, 11) is 0. The van der Waals surface area contributed by atoms with Gasteiger partial charge in [-0.15, -0.1) is 0 Å². The number of ether oxygens (including phenoxy) is 2. The number of carbonyl (C=O) groups is 3. The molecule has 0 saturated carbocycles. The topological polar surface area (TPSA) is 72.9 Å². The number of aryl methyl sites for hydroxylation is 1. The fraction of sp³-hybridized carbons (Fsp3) is 0.471. The lowest BCUT2D eigenvalue weighted by molar-refractivity contribution is -0.147. The van der Waals surface area contributed by atoms with Crippen molar-refractivity contribution in [3.05, 3.63) is 29.3 Å². The highest BCUT2D eigenvalue weighted by molar-refractivity contribution is 6.01. The molecular formula is C17H21NO5. The first-order valence-electron chi connectivity index (χ1n) is 7.72. The summed E-state index contributed by atoms with van der Waals surface area (Å²) in [5.74, 6) is -1.40. The highest BCUT2D eigenvalue weighted by Gasteiger charge is 2.36. The molecule has 1 aliphatic heterocycles. The van der Waals surface area contributed by atoms with Crippen LogP contribution >= 0.6 is 0 Å². The number of nitrogens with zero attached hydrogens (tertiary/aromatic N) is 1. The number of rotatable bonds is 5. The van der Waals surface area contributed by atoms with Crippen molar-refractivity contribution in [2.24, 2.45) is 5.92 Å². The average molecular weight is 319 g/mol. The second kappa shape index (κ2) is 7.26. The van der Waals surface area contributed by atoms with Gasteiger partial charge < -0.3 is 14.4 Å². The Hall–Kier alpha value is -2.37. The molecule has 1 atom stereocenters. The van der Waals surface area contributed by atoms with Gasteiger partial charge in [0.1, 0.15) is 0 Å². The highest BCUT2D eigenvalue weighted by Crippen LogP contribution is 2.29. The van der Waals surface area contributed by atoms with Gasteiger partial charge >= 0.3 is 11.9 Å². The summed E-state index contributed by atoms with van der Waals surface area (Å²) < 4.78 is 9.98. The molecule has 0 spiro atoms. The molecule has 23 heavy (non-hydrogen) atoms. The van der Waals surface area contributed by atoms with E-state index in [9.17, 15) is 14.4 Å². The van der Waals surface area contributed by atoms with Gasteiger partial charge in [-0.3, -0.25) is 9.59 Å². The number of amides is 1. The zero-order chi connectivity index (χ0) is 17.0. The number of hydrogen-bond donors (Lipinski definition) is 0. The molecule has 6 nitrogen and oxygen atoms in total. The van der Waals surface area contributed by atoms with Crippen LogP contribution in [0.25, 0.3) is 0 Å². The maximum absolute atomic E-state index is 12.3. The summed E-state index contributed by atoms with van der Waals surface area (Å²) in [4.78, 5) is 37.5. The third kappa shape index (κ3) is 3.70. The summed E-state index contributed by atoms with van der Waals surface area (Å²) in [6, 6.07) is 5.07. The van der Waals surface area contributed by atoms with Crippen molar-refractivity contribution in [1.29, 1.82) is 0 Å². The molecule has 0 bridgehead atoms. The number of carbonyl (C=O) groups excluding carboxylic acids is 3. The Morgan fingerprint density at radius 3 is 2.57 bits per heavy atom. The van der Waals surface area contributed by atoms with Crippen LogP contribution < -0.4 is 4.90 Å². The van der Waals surface area contributed by atoms with E-state index in [0.717, 1.165) is 5.56 Å². The highest BCUT2D eigenvalue weighted by atomic mass is 16.5. The minimum absolute atomic E-state index is 0.127. The van der Waals surface area contributed by atoms with Crippen molar-refractivity contribution in [2.45, 2.75) is 27.2 Å². The second-order valence-electron chi connectivity index (χ2n) is 5.38. The van der Waals surface area contributed by atoms with Crippen LogP contribution in [0.1, 0.15) is 36.2 Å². The van der Waals surface area contributed by atoms with Gasteiger partial charge in [-0.2, -0.15) is 0 Å². The lowest BCUT2D eigenvalue weighted by Crippen LogP contribution is -2.27. The van der Waals surface area contributed by atoms with Gasteiger partial charge in [0, 0.05) is 18.7 Å². The average Bonchev–Trinajstić information content (AvgIpc) is 2.90. The Morgan fingerprint density at radius 2 is 1.91 bits per heavy atom. The molecule has 1 saturated heterocycles. The normalized spacial score (nSPS) is 17.3. The fourth-order valence-corrected chi connectivity index (χ4v) is 2.60. The minimum Gasteiger partial charge on any atom is -0.466 e. The van der Waals surface area contributed by atoms with Gasteiger partial charge in [0.2, 0.25) is 5.91 Å². The fourth-order valence-electron chi connectivity index (χ4n) is 2.60. The van der Waals surface area contributed by atoms with Crippen molar-refractivity contribution >= 4 is 23.5 Å². The van der Waals surface area contributed by atoms with Crippen molar-refractivity contribution in [3.8, 4) is 0 Å². The van der Waals surface area contributed by atoms with Crippen LogP contribution in [0.5, 0.6) is 0 Å². The Morgan fingerprint density at radius 1 is 1.22 bits per heavy atom. The van der Waals surface area contributed by atoms with E-state index >= 15 is 0 Å². The third-order valence-electron chi connectivity index (χ3n) is 3.76. The van der Waals surface area contributed by atoms with Crippen LogP contribution in [0.4, 0.5) is 5.69 Å². The zero-order valence-electron chi connectivity index (χ0n) is 13.6. The van der Waals surface area contributed by atoms with Gasteiger partial charge in [0.05, 0.1) is 24.7 Å². The van der Waals surface area contributed by atoms with E-state index in [1.807, 2.05) is 6.92 Å². The summed E-state index contributed by atoms with van der Waals surface area (Å²) in [5, 5.41) is 0. The summed E-state index contributed by atoms with van der Waals surface area (Å²) in [5.41, 5.74) is 1.88. The molecule has 1 aromatic rings. The Kier molecular flexibility index (Phi) is 5.36. The van der Waals surface area contributed by atoms with Gasteiger partial charge in [-0.1, -0.05) is 6.07 Å². The van der Waals surface area contributed by atoms with Crippen LogP contribution in [0, 0.1) is 12.8 Å². The zero-order valence-corrected chi connectivity index (χ0v) is 13.6. The smallest absolute Gasteiger partial charge is 0.338 e. The number of esters is 2. The molecule has 6 heteroatoms. The van der Waals surface area contributed by atoms with Crippen LogP contribution in [-0.4, -0.2) is 37.6 Å². The van der Waals surface area contributed by atoms with Crippen LogP contribution in [-0.2, 0) is 19.1 Å². The van der Waals surface area contributed by atoms with E-state index < -0.39 is 11.9 Å². The molecule has 0 unspecified atom stereocenters. The number of anilines is 1. The monoisotopic (exact) mass is 319 g/mol. The largest absolute Gasteiger partial charge is 0.466 e. The second-order valence-corrected chi connectivity index (χ2v) is 5.38. The number of benzene rings is 1. The van der Waals surface area contributed by atoms with E-state index in [1.165, 1.54) is 0 Å². The minimum atomic E-state index is -0.465. The standard InChI is InChI=1S/C17H21NO5/c1-4-22-16(20)12-7-6-11(3)14(8-12)18-10-13(9-15(18)19)17(21)23-5-2/h6-8,13H,4-5,9-10H2,1-3H3/t13-/m1/s1. The SMILES string of the molecule is CCOC(=O)c1ccc(C)c(N2C[C@H](C(=O)OCC)CC2=O)c1. The summed E-state index contributed by atoms with van der Waals surface area (Å²) >= 11 is 0. The molecular weight excluding hydrogens is 298 g/mol. The number of hydrogen-bond acceptors (Lipinski definition) is 5. The first-order valence-corrected chi connectivity index (χ1v) is 7.72. The lowest BCUT2D eigenvalue weighted by atomic mass is 10.1. The van der Waals surface area contributed by atoms with E-state index in [0.29, 0.717) is 17.9 Å². The van der Waals surface area contributed by atoms with Gasteiger partial charge in [0.15, 0.2) is 0 Å². The van der Waals surface area contributed by atoms with Crippen molar-refractivity contribution < 1.29 is 23.9 Å². The summed E-state index contributed by atoms with van der Waals surface area (Å²) in [6.07, 6.45) is 0.127. The van der Waals surface area contributed by atoms with Crippen molar-refractivity contribution in [1.82, 2.24) is 0 Å². The molecule has 0 aliphatic carbocycles. The lowest BCUT2D eigenvalue weighted by Gasteiger charge is -2.19. The first kappa shape index (κ1) is 17.0. The van der Waals surface area contributed by atoms with E-state index in [1.54, 1.807) is 36.9 Å². The van der Waals surface area contributed by atoms with Crippen LogP contribution in [0.15, 0.2) is 18.2 Å². The predicted octanol–water partition coefficient (Wildman–Crippen LogP) is 2.09.